The van der Waals surface area contributed by atoms with Crippen LogP contribution in [-0.2, 0) is 0 Å². The van der Waals surface area contributed by atoms with Crippen LogP contribution in [0.2, 0.25) is 0 Å². The molecule has 1 unspecified atom stereocenters. The van der Waals surface area contributed by atoms with Crippen molar-refractivity contribution in [1.82, 2.24) is 10.2 Å². The number of nitro groups is 1. The normalized spacial score (nSPS) is 17.6. The van der Waals surface area contributed by atoms with Crippen molar-refractivity contribution in [3.63, 3.8) is 0 Å². The van der Waals surface area contributed by atoms with E-state index in [0.29, 0.717) is 6.54 Å². The van der Waals surface area contributed by atoms with E-state index >= 15 is 0 Å². The van der Waals surface area contributed by atoms with Crippen LogP contribution in [0.3, 0.4) is 0 Å². The van der Waals surface area contributed by atoms with Gasteiger partial charge in [-0.3, -0.25) is 15.0 Å². The van der Waals surface area contributed by atoms with Gasteiger partial charge in [0, 0.05) is 38.8 Å². The van der Waals surface area contributed by atoms with Crippen molar-refractivity contribution in [2.45, 2.75) is 6.10 Å². The Morgan fingerprint density at radius 3 is 2.80 bits per heavy atom. The average molecular weight is 281 g/mol. The minimum atomic E-state index is -0.659. The highest BCUT2D eigenvalue weighted by Crippen LogP contribution is 2.25. The zero-order valence-electron chi connectivity index (χ0n) is 11.2. The smallest absolute Gasteiger partial charge is 0.310 e. The summed E-state index contributed by atoms with van der Waals surface area (Å²) in [4.78, 5) is 12.5. The predicted octanol–water partition coefficient (Wildman–Crippen LogP) is 0.240. The Morgan fingerprint density at radius 1 is 1.40 bits per heavy atom. The molecule has 1 heterocycles. The van der Waals surface area contributed by atoms with Crippen molar-refractivity contribution < 1.29 is 14.8 Å². The SMILES string of the molecule is O=[N+]([O-])c1ccccc1OCC(O)CN1CCNCC1. The molecule has 1 aliphatic rings. The number of hydrogen-bond donors (Lipinski definition) is 2. The molecule has 20 heavy (non-hydrogen) atoms. The minimum Gasteiger partial charge on any atom is -0.484 e. The number of β-amino-alcohol motifs (C(OH)–C–C–N with tert-alkyl or cyclic N) is 1. The minimum absolute atomic E-state index is 0.0504. The average Bonchev–Trinajstić information content (AvgIpc) is 2.46. The Kier molecular flexibility index (Phi) is 5.28. The first-order valence-electron chi connectivity index (χ1n) is 6.64. The predicted molar refractivity (Wildman–Crippen MR) is 73.9 cm³/mol. The molecular weight excluding hydrogens is 262 g/mol. The number of piperazine rings is 1. The summed E-state index contributed by atoms with van der Waals surface area (Å²) in [7, 11) is 0. The van der Waals surface area contributed by atoms with Crippen LogP contribution in [0.1, 0.15) is 0 Å². The van der Waals surface area contributed by atoms with Crippen LogP contribution in [-0.4, -0.2) is 60.4 Å². The van der Waals surface area contributed by atoms with Gasteiger partial charge in [0.15, 0.2) is 5.75 Å². The van der Waals surface area contributed by atoms with Gasteiger partial charge in [-0.25, -0.2) is 0 Å². The Labute approximate surface area is 117 Å². The van der Waals surface area contributed by atoms with Crippen molar-refractivity contribution in [2.24, 2.45) is 0 Å². The monoisotopic (exact) mass is 281 g/mol. The van der Waals surface area contributed by atoms with Crippen LogP contribution in [0.25, 0.3) is 0 Å². The fourth-order valence-electron chi connectivity index (χ4n) is 2.16. The van der Waals surface area contributed by atoms with Crippen LogP contribution >= 0.6 is 0 Å². The molecule has 0 saturated carbocycles. The van der Waals surface area contributed by atoms with E-state index in [1.807, 2.05) is 0 Å². The van der Waals surface area contributed by atoms with E-state index in [2.05, 4.69) is 10.2 Å². The lowest BCUT2D eigenvalue weighted by Crippen LogP contribution is -2.47. The first kappa shape index (κ1) is 14.7. The van der Waals surface area contributed by atoms with Gasteiger partial charge in [-0.1, -0.05) is 12.1 Å². The van der Waals surface area contributed by atoms with Crippen LogP contribution in [0, 0.1) is 10.1 Å². The van der Waals surface area contributed by atoms with Crippen LogP contribution in [0.15, 0.2) is 24.3 Å². The van der Waals surface area contributed by atoms with Gasteiger partial charge in [0.2, 0.25) is 0 Å². The third-order valence-corrected chi connectivity index (χ3v) is 3.17. The Morgan fingerprint density at radius 2 is 2.10 bits per heavy atom. The number of nitrogens with one attached hydrogen (secondary N) is 1. The summed E-state index contributed by atoms with van der Waals surface area (Å²) in [6.07, 6.45) is -0.659. The van der Waals surface area contributed by atoms with Gasteiger partial charge < -0.3 is 15.2 Å². The zero-order valence-corrected chi connectivity index (χ0v) is 11.2. The molecule has 7 heteroatoms. The third-order valence-electron chi connectivity index (χ3n) is 3.17. The molecule has 1 aliphatic heterocycles. The molecule has 0 aromatic heterocycles. The quantitative estimate of drug-likeness (QED) is 0.573. The second-order valence-electron chi connectivity index (χ2n) is 4.74. The molecule has 1 aromatic rings. The van der Waals surface area contributed by atoms with Gasteiger partial charge in [-0.05, 0) is 6.07 Å². The maximum Gasteiger partial charge on any atom is 0.310 e. The molecule has 0 radical (unpaired) electrons. The largest absolute Gasteiger partial charge is 0.484 e. The maximum atomic E-state index is 10.8. The molecule has 1 atom stereocenters. The van der Waals surface area contributed by atoms with E-state index in [9.17, 15) is 15.2 Å². The van der Waals surface area contributed by atoms with E-state index in [1.54, 1.807) is 12.1 Å². The molecule has 110 valence electrons. The van der Waals surface area contributed by atoms with Gasteiger partial charge in [0.1, 0.15) is 12.7 Å². The molecule has 2 N–H and O–H groups in total. The first-order valence-corrected chi connectivity index (χ1v) is 6.64. The molecule has 2 rings (SSSR count). The number of para-hydroxylation sites is 2. The Bertz CT molecular complexity index is 449. The van der Waals surface area contributed by atoms with E-state index in [1.165, 1.54) is 12.1 Å². The van der Waals surface area contributed by atoms with E-state index in [0.717, 1.165) is 26.2 Å². The summed E-state index contributed by atoms with van der Waals surface area (Å²) in [5, 5.41) is 24.0. The summed E-state index contributed by atoms with van der Waals surface area (Å²) in [6.45, 7) is 4.18. The van der Waals surface area contributed by atoms with Gasteiger partial charge in [0.25, 0.3) is 0 Å². The van der Waals surface area contributed by atoms with Crippen LogP contribution in [0.5, 0.6) is 5.75 Å². The van der Waals surface area contributed by atoms with E-state index in [4.69, 9.17) is 4.74 Å². The topological polar surface area (TPSA) is 87.9 Å². The first-order chi connectivity index (χ1) is 9.66. The lowest BCUT2D eigenvalue weighted by molar-refractivity contribution is -0.385. The Balaban J connectivity index is 1.83. The molecular formula is C13H19N3O4. The summed E-state index contributed by atoms with van der Waals surface area (Å²) in [5.74, 6) is 0.192. The number of benzene rings is 1. The summed E-state index contributed by atoms with van der Waals surface area (Å²) < 4.78 is 5.37. The lowest BCUT2D eigenvalue weighted by atomic mass is 10.3. The highest BCUT2D eigenvalue weighted by Gasteiger charge is 2.17. The van der Waals surface area contributed by atoms with Gasteiger partial charge in [-0.15, -0.1) is 0 Å². The molecule has 1 fully saturated rings. The number of hydrogen-bond acceptors (Lipinski definition) is 6. The molecule has 0 amide bonds. The van der Waals surface area contributed by atoms with E-state index < -0.39 is 11.0 Å². The molecule has 0 aliphatic carbocycles. The van der Waals surface area contributed by atoms with Crippen LogP contribution in [0.4, 0.5) is 5.69 Å². The standard InChI is InChI=1S/C13H19N3O4/c17-11(9-15-7-5-14-6-8-15)10-20-13-4-2-1-3-12(13)16(18)19/h1-4,11,14,17H,5-10H2. The number of aliphatic hydroxyl groups is 1. The van der Waals surface area contributed by atoms with Crippen molar-refractivity contribution in [3.05, 3.63) is 34.4 Å². The van der Waals surface area contributed by atoms with E-state index in [-0.39, 0.29) is 18.0 Å². The number of nitro benzene ring substituents is 1. The lowest BCUT2D eigenvalue weighted by Gasteiger charge is -2.28. The highest BCUT2D eigenvalue weighted by molar-refractivity contribution is 5.45. The third kappa shape index (κ3) is 4.16. The molecule has 1 aromatic carbocycles. The summed E-state index contributed by atoms with van der Waals surface area (Å²) in [6, 6.07) is 6.18. The fraction of sp³-hybridized carbons (Fsp3) is 0.538. The number of rotatable bonds is 6. The van der Waals surface area contributed by atoms with Gasteiger partial charge >= 0.3 is 5.69 Å². The van der Waals surface area contributed by atoms with Gasteiger partial charge in [-0.2, -0.15) is 0 Å². The molecule has 1 saturated heterocycles. The van der Waals surface area contributed by atoms with Crippen molar-refractivity contribution in [2.75, 3.05) is 39.3 Å². The second-order valence-corrected chi connectivity index (χ2v) is 4.74. The fourth-order valence-corrected chi connectivity index (χ4v) is 2.16. The van der Waals surface area contributed by atoms with Crippen LogP contribution < -0.4 is 10.1 Å². The van der Waals surface area contributed by atoms with Crippen molar-refractivity contribution in [1.29, 1.82) is 0 Å². The summed E-state index contributed by atoms with van der Waals surface area (Å²) >= 11 is 0. The molecule has 7 nitrogen and oxygen atoms in total. The van der Waals surface area contributed by atoms with Crippen molar-refractivity contribution >= 4 is 5.69 Å². The number of aliphatic hydroxyl groups excluding tert-OH is 1. The number of nitrogens with zero attached hydrogens (tertiary/aromatic N) is 2. The second kappa shape index (κ2) is 7.18. The van der Waals surface area contributed by atoms with Gasteiger partial charge in [0.05, 0.1) is 4.92 Å². The molecule has 0 spiro atoms. The van der Waals surface area contributed by atoms with Crippen molar-refractivity contribution in [3.8, 4) is 5.75 Å². The zero-order chi connectivity index (χ0) is 14.4. The maximum absolute atomic E-state index is 10.8. The number of ether oxygens (including phenoxy) is 1. The Hall–Kier alpha value is -1.70. The summed E-state index contributed by atoms with van der Waals surface area (Å²) in [5.41, 5.74) is -0.0816. The molecule has 0 bridgehead atoms. The highest BCUT2D eigenvalue weighted by atomic mass is 16.6.